The Balaban J connectivity index is 1.81. The van der Waals surface area contributed by atoms with Crippen LogP contribution in [0.5, 0.6) is 11.5 Å². The lowest BCUT2D eigenvalue weighted by Crippen LogP contribution is -2.10. The van der Waals surface area contributed by atoms with Gasteiger partial charge in [0.1, 0.15) is 11.5 Å². The van der Waals surface area contributed by atoms with Crippen LogP contribution in [0.1, 0.15) is 11.1 Å². The second-order valence-electron chi connectivity index (χ2n) is 5.91. The number of ether oxygens (including phenoxy) is 1. The van der Waals surface area contributed by atoms with Gasteiger partial charge in [-0.05, 0) is 47.5 Å². The fourth-order valence-corrected chi connectivity index (χ4v) is 4.89. The fraction of sp³-hybridized carbons (Fsp3) is 0.0476. The van der Waals surface area contributed by atoms with Crippen molar-refractivity contribution in [2.24, 2.45) is 0 Å². The highest BCUT2D eigenvalue weighted by Gasteiger charge is 2.35. The summed E-state index contributed by atoms with van der Waals surface area (Å²) in [5.41, 5.74) is 2.59. The van der Waals surface area contributed by atoms with Gasteiger partial charge in [-0.1, -0.05) is 48.5 Å². The fourth-order valence-electron chi connectivity index (χ4n) is 2.89. The smallest absolute Gasteiger partial charge is 0.372 e. The van der Waals surface area contributed by atoms with Gasteiger partial charge in [0.2, 0.25) is 0 Å². The molecule has 130 valence electrons. The molecule has 26 heavy (non-hydrogen) atoms. The highest BCUT2D eigenvalue weighted by Crippen LogP contribution is 2.62. The molecule has 0 spiro atoms. The van der Waals surface area contributed by atoms with Gasteiger partial charge in [0.15, 0.2) is 0 Å². The molecule has 0 bridgehead atoms. The lowest BCUT2D eigenvalue weighted by molar-refractivity contribution is 0.415. The minimum atomic E-state index is -3.35. The molecule has 4 rings (SSSR count). The van der Waals surface area contributed by atoms with Crippen LogP contribution in [0.15, 0.2) is 78.9 Å². The summed E-state index contributed by atoms with van der Waals surface area (Å²) >= 11 is 0. The van der Waals surface area contributed by atoms with Crippen molar-refractivity contribution in [3.63, 3.8) is 0 Å². The van der Waals surface area contributed by atoms with E-state index in [1.165, 1.54) is 0 Å². The molecule has 0 aromatic heterocycles. The number of fused-ring (bicyclic) bond motifs is 1. The first-order chi connectivity index (χ1) is 12.7. The van der Waals surface area contributed by atoms with Gasteiger partial charge in [0, 0.05) is 5.69 Å². The number of anilines is 1. The van der Waals surface area contributed by atoms with E-state index in [4.69, 9.17) is 9.26 Å². The van der Waals surface area contributed by atoms with Gasteiger partial charge in [0.05, 0.1) is 12.4 Å². The maximum Gasteiger partial charge on any atom is 0.372 e. The third-order valence-electron chi connectivity index (χ3n) is 4.20. The zero-order valence-corrected chi connectivity index (χ0v) is 15.1. The van der Waals surface area contributed by atoms with E-state index in [9.17, 15) is 4.57 Å². The number of methoxy groups -OCH3 is 1. The van der Waals surface area contributed by atoms with E-state index in [0.29, 0.717) is 11.1 Å². The molecule has 1 aliphatic heterocycles. The lowest BCUT2D eigenvalue weighted by Gasteiger charge is -2.28. The molecule has 1 atom stereocenters. The Kier molecular flexibility index (Phi) is 4.27. The minimum Gasteiger partial charge on any atom is -0.497 e. The molecule has 0 saturated carbocycles. The summed E-state index contributed by atoms with van der Waals surface area (Å²) in [6.07, 6.45) is 1.93. The second-order valence-corrected chi connectivity index (χ2v) is 7.90. The predicted molar refractivity (Wildman–Crippen MR) is 106 cm³/mol. The van der Waals surface area contributed by atoms with Crippen LogP contribution in [0.3, 0.4) is 0 Å². The van der Waals surface area contributed by atoms with E-state index >= 15 is 0 Å². The van der Waals surface area contributed by atoms with E-state index in [-0.39, 0.29) is 0 Å². The first-order valence-corrected chi connectivity index (χ1v) is 9.89. The van der Waals surface area contributed by atoms with Crippen LogP contribution in [0, 0.1) is 0 Å². The molecule has 1 aliphatic rings. The molecule has 4 nitrogen and oxygen atoms in total. The summed E-state index contributed by atoms with van der Waals surface area (Å²) in [4.78, 5) is 0. The summed E-state index contributed by atoms with van der Waals surface area (Å²) in [5.74, 6) is 1.31. The van der Waals surface area contributed by atoms with Gasteiger partial charge in [-0.3, -0.25) is 0 Å². The van der Waals surface area contributed by atoms with Crippen molar-refractivity contribution in [1.82, 2.24) is 0 Å². The Morgan fingerprint density at radius 2 is 1.50 bits per heavy atom. The van der Waals surface area contributed by atoms with Crippen molar-refractivity contribution in [2.75, 3.05) is 12.2 Å². The monoisotopic (exact) mass is 363 g/mol. The molecule has 0 amide bonds. The molecule has 0 saturated heterocycles. The van der Waals surface area contributed by atoms with Gasteiger partial charge >= 0.3 is 7.52 Å². The van der Waals surface area contributed by atoms with Crippen LogP contribution in [-0.2, 0) is 4.57 Å². The number of nitrogens with one attached hydrogen (secondary N) is 1. The van der Waals surface area contributed by atoms with Gasteiger partial charge in [-0.25, -0.2) is 4.57 Å². The van der Waals surface area contributed by atoms with Crippen molar-refractivity contribution < 1.29 is 13.8 Å². The van der Waals surface area contributed by atoms with Crippen LogP contribution >= 0.6 is 7.52 Å². The van der Waals surface area contributed by atoms with Crippen LogP contribution in [-0.4, -0.2) is 7.11 Å². The van der Waals surface area contributed by atoms with Crippen LogP contribution in [0.2, 0.25) is 0 Å². The lowest BCUT2D eigenvalue weighted by atomic mass is 10.1. The normalized spacial score (nSPS) is 18.3. The summed E-state index contributed by atoms with van der Waals surface area (Å²) in [6.45, 7) is 0. The Morgan fingerprint density at radius 3 is 2.23 bits per heavy atom. The molecule has 0 aliphatic carbocycles. The Morgan fingerprint density at radius 1 is 0.808 bits per heavy atom. The molecular formula is C21H18NO3P. The molecule has 5 heteroatoms. The number of benzene rings is 3. The molecule has 3 aromatic carbocycles. The molecule has 1 N–H and O–H groups in total. The average molecular weight is 363 g/mol. The zero-order valence-electron chi connectivity index (χ0n) is 14.3. The number of hydrogen-bond acceptors (Lipinski definition) is 3. The van der Waals surface area contributed by atoms with E-state index < -0.39 is 7.52 Å². The highest BCUT2D eigenvalue weighted by atomic mass is 31.2. The highest BCUT2D eigenvalue weighted by molar-refractivity contribution is 7.72. The van der Waals surface area contributed by atoms with Crippen molar-refractivity contribution in [1.29, 1.82) is 0 Å². The van der Waals surface area contributed by atoms with Crippen molar-refractivity contribution >= 4 is 24.6 Å². The summed E-state index contributed by atoms with van der Waals surface area (Å²) in [5, 5.41) is 3.76. The van der Waals surface area contributed by atoms with Crippen molar-refractivity contribution in [3.8, 4) is 11.5 Å². The summed E-state index contributed by atoms with van der Waals surface area (Å²) in [6, 6.07) is 24.4. The Bertz CT molecular complexity index is 997. The molecule has 1 heterocycles. The SMILES string of the molecule is COc1ccc(C2=Cc3ccccc3NP2(=O)Oc2ccccc2)cc1. The van der Waals surface area contributed by atoms with Crippen molar-refractivity contribution in [3.05, 3.63) is 90.0 Å². The van der Waals surface area contributed by atoms with E-state index in [1.807, 2.05) is 72.8 Å². The summed E-state index contributed by atoms with van der Waals surface area (Å²) < 4.78 is 25.0. The Hall–Kier alpha value is -2.97. The second kappa shape index (κ2) is 6.74. The predicted octanol–water partition coefficient (Wildman–Crippen LogP) is 5.89. The Labute approximate surface area is 152 Å². The summed E-state index contributed by atoms with van der Waals surface area (Å²) in [7, 11) is -1.73. The van der Waals surface area contributed by atoms with Gasteiger partial charge in [-0.2, -0.15) is 0 Å². The van der Waals surface area contributed by atoms with Crippen molar-refractivity contribution in [2.45, 2.75) is 0 Å². The molecule has 3 aromatic rings. The topological polar surface area (TPSA) is 47.6 Å². The first kappa shape index (κ1) is 16.5. The van der Waals surface area contributed by atoms with Gasteiger partial charge < -0.3 is 14.3 Å². The third-order valence-corrected chi connectivity index (χ3v) is 6.23. The first-order valence-electron chi connectivity index (χ1n) is 8.27. The molecule has 0 fully saturated rings. The zero-order chi connectivity index (χ0) is 18.0. The third kappa shape index (κ3) is 3.12. The standard InChI is InChI=1S/C21H18NO3P/c1-24-18-13-11-16(12-14-18)21-15-17-7-5-6-10-20(17)22-26(21,23)25-19-8-3-2-4-9-19/h2-15H,1H3,(H,22,23). The largest absolute Gasteiger partial charge is 0.497 e. The van der Waals surface area contributed by atoms with Gasteiger partial charge in [-0.15, -0.1) is 0 Å². The maximum absolute atomic E-state index is 13.8. The quantitative estimate of drug-likeness (QED) is 0.587. The number of para-hydroxylation sites is 2. The van der Waals surface area contributed by atoms with Crippen LogP contribution < -0.4 is 14.3 Å². The molecule has 1 unspecified atom stereocenters. The maximum atomic E-state index is 13.8. The van der Waals surface area contributed by atoms with Crippen LogP contribution in [0.4, 0.5) is 5.69 Å². The van der Waals surface area contributed by atoms with Gasteiger partial charge in [0.25, 0.3) is 0 Å². The van der Waals surface area contributed by atoms with E-state index in [2.05, 4.69) is 5.09 Å². The van der Waals surface area contributed by atoms with Crippen LogP contribution in [0.25, 0.3) is 11.4 Å². The number of hydrogen-bond donors (Lipinski definition) is 1. The number of rotatable bonds is 4. The average Bonchev–Trinajstić information content (AvgIpc) is 2.68. The van der Waals surface area contributed by atoms with E-state index in [0.717, 1.165) is 22.6 Å². The van der Waals surface area contributed by atoms with E-state index in [1.54, 1.807) is 19.2 Å². The molecular weight excluding hydrogens is 345 g/mol. The minimum absolute atomic E-state index is 0.558. The molecule has 0 radical (unpaired) electrons.